The van der Waals surface area contributed by atoms with Crippen molar-refractivity contribution in [1.29, 1.82) is 0 Å². The number of carbonyl (C=O) groups is 1. The number of amides is 1. The molecule has 11 heteroatoms. The number of anilines is 1. The Morgan fingerprint density at radius 3 is 2.93 bits per heavy atom. The van der Waals surface area contributed by atoms with Crippen LogP contribution in [0.3, 0.4) is 0 Å². The lowest BCUT2D eigenvalue weighted by Gasteiger charge is -2.25. The molecule has 144 valence electrons. The summed E-state index contributed by atoms with van der Waals surface area (Å²) in [6.07, 6.45) is 3.77. The van der Waals surface area contributed by atoms with Crippen molar-refractivity contribution in [3.63, 3.8) is 0 Å². The maximum Gasteiger partial charge on any atom is 0.250 e. The minimum absolute atomic E-state index is 0.233. The van der Waals surface area contributed by atoms with Crippen LogP contribution in [-0.2, 0) is 22.4 Å². The lowest BCUT2D eigenvalue weighted by Crippen LogP contribution is -2.42. The van der Waals surface area contributed by atoms with E-state index in [9.17, 15) is 9.00 Å². The van der Waals surface area contributed by atoms with Crippen LogP contribution in [-0.4, -0.2) is 40.4 Å². The summed E-state index contributed by atoms with van der Waals surface area (Å²) >= 11 is -0.756. The van der Waals surface area contributed by atoms with Crippen molar-refractivity contribution in [1.82, 2.24) is 20.2 Å². The molecule has 0 aliphatic carbocycles. The molecule has 2 unspecified atom stereocenters. The molecule has 0 saturated carbocycles. The standard InChI is InChI=1S/C16H19N5O4S2/c1-16(9-27(24)25,14(22)20-23)4-5-21-8-11(7-18-21)10-2-3-12-13(6-10)26-15(17)19-12/h2-3,6-8,23H,4-5,9H2,1H3,(H2,17,19)(H,20,22)(H,24,25). The van der Waals surface area contributed by atoms with E-state index in [1.807, 2.05) is 24.4 Å². The van der Waals surface area contributed by atoms with Crippen molar-refractivity contribution < 1.29 is 18.8 Å². The summed E-state index contributed by atoms with van der Waals surface area (Å²) in [5, 5.41) is 13.7. The highest BCUT2D eigenvalue weighted by Crippen LogP contribution is 2.29. The largest absolute Gasteiger partial charge is 0.375 e. The molecule has 2 atom stereocenters. The summed E-state index contributed by atoms with van der Waals surface area (Å²) in [7, 11) is 0. The SMILES string of the molecule is CC(CCn1cc(-c2ccc3nc(N)sc3c2)cn1)(CS(=O)O)C(=O)NO. The lowest BCUT2D eigenvalue weighted by molar-refractivity contribution is -0.138. The summed E-state index contributed by atoms with van der Waals surface area (Å²) in [5.74, 6) is -0.984. The third kappa shape index (κ3) is 4.33. The second-order valence-corrected chi connectivity index (χ2v) is 8.44. The number of rotatable bonds is 7. The molecule has 1 amide bonds. The molecule has 1 aromatic carbocycles. The monoisotopic (exact) mass is 409 g/mol. The molecule has 0 spiro atoms. The molecule has 0 fully saturated rings. The number of nitrogen functional groups attached to an aromatic ring is 1. The fourth-order valence-electron chi connectivity index (χ4n) is 2.78. The molecule has 3 aromatic rings. The molecule has 2 heterocycles. The number of hydroxylamine groups is 1. The zero-order valence-electron chi connectivity index (χ0n) is 14.5. The van der Waals surface area contributed by atoms with Gasteiger partial charge in [-0.3, -0.25) is 14.7 Å². The first-order valence-electron chi connectivity index (χ1n) is 8.01. The Morgan fingerprint density at radius 2 is 2.22 bits per heavy atom. The molecule has 0 aliphatic rings. The van der Waals surface area contributed by atoms with Gasteiger partial charge in [0.05, 0.1) is 27.6 Å². The van der Waals surface area contributed by atoms with Crippen molar-refractivity contribution in [2.24, 2.45) is 5.41 Å². The number of carbonyl (C=O) groups excluding carboxylic acids is 1. The maximum atomic E-state index is 11.9. The molecule has 2 aromatic heterocycles. The van der Waals surface area contributed by atoms with Gasteiger partial charge in [-0.05, 0) is 31.0 Å². The maximum absolute atomic E-state index is 11.9. The van der Waals surface area contributed by atoms with Crippen LogP contribution in [0.5, 0.6) is 0 Å². The van der Waals surface area contributed by atoms with Crippen molar-refractivity contribution in [2.75, 3.05) is 11.5 Å². The number of aromatic nitrogens is 3. The molecule has 9 nitrogen and oxygen atoms in total. The summed E-state index contributed by atoms with van der Waals surface area (Å²) in [6, 6.07) is 5.82. The summed E-state index contributed by atoms with van der Waals surface area (Å²) in [5.41, 5.74) is 8.81. The number of nitrogens with one attached hydrogen (secondary N) is 1. The van der Waals surface area contributed by atoms with E-state index in [1.165, 1.54) is 18.3 Å². The summed E-state index contributed by atoms with van der Waals surface area (Å²) in [6.45, 7) is 1.87. The minimum atomic E-state index is -2.17. The van der Waals surface area contributed by atoms with E-state index in [1.54, 1.807) is 16.4 Å². The lowest BCUT2D eigenvalue weighted by atomic mass is 9.88. The quantitative estimate of drug-likeness (QED) is 0.265. The van der Waals surface area contributed by atoms with Gasteiger partial charge in [-0.25, -0.2) is 14.7 Å². The van der Waals surface area contributed by atoms with Gasteiger partial charge in [0.15, 0.2) is 16.2 Å². The number of aryl methyl sites for hydroxylation is 1. The van der Waals surface area contributed by atoms with E-state index in [-0.39, 0.29) is 12.2 Å². The first-order valence-corrected chi connectivity index (χ1v) is 10.1. The van der Waals surface area contributed by atoms with Gasteiger partial charge < -0.3 is 10.3 Å². The second kappa shape index (κ2) is 7.72. The molecule has 0 bridgehead atoms. The molecule has 0 saturated heterocycles. The molecule has 5 N–H and O–H groups in total. The van der Waals surface area contributed by atoms with E-state index in [0.717, 1.165) is 21.3 Å². The Hall–Kier alpha value is -2.34. The van der Waals surface area contributed by atoms with Crippen LogP contribution in [0.25, 0.3) is 21.3 Å². The number of nitrogens with two attached hydrogens (primary N) is 1. The van der Waals surface area contributed by atoms with Gasteiger partial charge in [0.1, 0.15) is 0 Å². The molecule has 0 radical (unpaired) electrons. The molecular weight excluding hydrogens is 390 g/mol. The highest BCUT2D eigenvalue weighted by Gasteiger charge is 2.35. The second-order valence-electron chi connectivity index (χ2n) is 6.44. The van der Waals surface area contributed by atoms with Gasteiger partial charge in [-0.15, -0.1) is 0 Å². The third-order valence-corrected chi connectivity index (χ3v) is 6.09. The number of hydrogen-bond donors (Lipinski definition) is 4. The fraction of sp³-hybridized carbons (Fsp3) is 0.312. The number of hydrogen-bond acceptors (Lipinski definition) is 7. The number of benzene rings is 1. The van der Waals surface area contributed by atoms with Crippen LogP contribution in [0.15, 0.2) is 30.6 Å². The fourth-order valence-corrected chi connectivity index (χ4v) is 4.37. The van der Waals surface area contributed by atoms with Crippen LogP contribution in [0.2, 0.25) is 0 Å². The number of fused-ring (bicyclic) bond motifs is 1. The highest BCUT2D eigenvalue weighted by atomic mass is 32.2. The topological polar surface area (TPSA) is 143 Å². The van der Waals surface area contributed by atoms with Crippen molar-refractivity contribution in [2.45, 2.75) is 19.9 Å². The number of thiazole rings is 1. The van der Waals surface area contributed by atoms with Gasteiger partial charge >= 0.3 is 0 Å². The smallest absolute Gasteiger partial charge is 0.250 e. The summed E-state index contributed by atoms with van der Waals surface area (Å²) in [4.78, 5) is 16.1. The normalized spacial score (nSPS) is 14.8. The number of nitrogens with zero attached hydrogens (tertiary/aromatic N) is 3. The van der Waals surface area contributed by atoms with Crippen LogP contribution in [0.1, 0.15) is 13.3 Å². The van der Waals surface area contributed by atoms with Crippen LogP contribution < -0.4 is 11.2 Å². The van der Waals surface area contributed by atoms with Crippen LogP contribution in [0.4, 0.5) is 5.13 Å². The first kappa shape index (κ1) is 19.4. The predicted octanol–water partition coefficient (Wildman–Crippen LogP) is 1.87. The Balaban J connectivity index is 1.76. The van der Waals surface area contributed by atoms with Gasteiger partial charge in [0.25, 0.3) is 0 Å². The van der Waals surface area contributed by atoms with Gasteiger partial charge in [-0.1, -0.05) is 17.4 Å². The Morgan fingerprint density at radius 1 is 1.44 bits per heavy atom. The third-order valence-electron chi connectivity index (χ3n) is 4.36. The van der Waals surface area contributed by atoms with Crippen molar-refractivity contribution in [3.05, 3.63) is 30.6 Å². The van der Waals surface area contributed by atoms with E-state index in [0.29, 0.717) is 11.7 Å². The zero-order chi connectivity index (χ0) is 19.6. The van der Waals surface area contributed by atoms with E-state index in [4.69, 9.17) is 15.5 Å². The molecule has 27 heavy (non-hydrogen) atoms. The van der Waals surface area contributed by atoms with E-state index >= 15 is 0 Å². The van der Waals surface area contributed by atoms with Crippen LogP contribution >= 0.6 is 11.3 Å². The van der Waals surface area contributed by atoms with Gasteiger partial charge in [0, 0.05) is 18.3 Å². The van der Waals surface area contributed by atoms with Gasteiger partial charge in [0.2, 0.25) is 5.91 Å². The van der Waals surface area contributed by atoms with E-state index < -0.39 is 22.4 Å². The highest BCUT2D eigenvalue weighted by molar-refractivity contribution is 7.79. The molecular formula is C16H19N5O4S2. The van der Waals surface area contributed by atoms with Crippen LogP contribution in [0, 0.1) is 5.41 Å². The summed E-state index contributed by atoms with van der Waals surface area (Å²) < 4.78 is 22.9. The van der Waals surface area contributed by atoms with Crippen molar-refractivity contribution in [3.8, 4) is 11.1 Å². The average molecular weight is 409 g/mol. The van der Waals surface area contributed by atoms with Crippen molar-refractivity contribution >= 4 is 43.7 Å². The first-order chi connectivity index (χ1) is 12.8. The zero-order valence-corrected chi connectivity index (χ0v) is 16.1. The molecule has 0 aliphatic heterocycles. The van der Waals surface area contributed by atoms with E-state index in [2.05, 4.69) is 10.1 Å². The molecule has 3 rings (SSSR count). The minimum Gasteiger partial charge on any atom is -0.375 e. The Labute approximate surface area is 161 Å². The Bertz CT molecular complexity index is 1000. The van der Waals surface area contributed by atoms with Gasteiger partial charge in [-0.2, -0.15) is 5.10 Å². The predicted molar refractivity (Wildman–Crippen MR) is 104 cm³/mol. The Kier molecular flexibility index (Phi) is 5.56. The average Bonchev–Trinajstić information content (AvgIpc) is 3.23.